The van der Waals surface area contributed by atoms with Crippen LogP contribution in [0.3, 0.4) is 0 Å². The van der Waals surface area contributed by atoms with E-state index in [1.54, 1.807) is 7.11 Å². The van der Waals surface area contributed by atoms with Gasteiger partial charge in [-0.1, -0.05) is 12.1 Å². The van der Waals surface area contributed by atoms with Crippen LogP contribution in [-0.2, 0) is 6.54 Å². The van der Waals surface area contributed by atoms with Crippen LogP contribution in [0.5, 0.6) is 5.75 Å². The second-order valence-electron chi connectivity index (χ2n) is 7.03. The second-order valence-corrected chi connectivity index (χ2v) is 7.03. The SMILES string of the molecule is CN=C(NCCCN1CCCN(C)CC1)N(C)Cc1ccc(OC)cc1.I. The van der Waals surface area contributed by atoms with Gasteiger partial charge in [0.05, 0.1) is 7.11 Å². The van der Waals surface area contributed by atoms with Crippen LogP contribution in [0.4, 0.5) is 0 Å². The van der Waals surface area contributed by atoms with Gasteiger partial charge in [-0.15, -0.1) is 24.0 Å². The smallest absolute Gasteiger partial charge is 0.193 e. The molecule has 1 saturated heterocycles. The largest absolute Gasteiger partial charge is 0.497 e. The van der Waals surface area contributed by atoms with Gasteiger partial charge >= 0.3 is 0 Å². The zero-order valence-corrected chi connectivity index (χ0v) is 19.6. The van der Waals surface area contributed by atoms with Crippen LogP contribution in [0.1, 0.15) is 18.4 Å². The van der Waals surface area contributed by atoms with E-state index in [1.165, 1.54) is 38.2 Å². The highest BCUT2D eigenvalue weighted by atomic mass is 127. The Kier molecular flexibility index (Phi) is 11.7. The van der Waals surface area contributed by atoms with Crippen molar-refractivity contribution < 1.29 is 4.74 Å². The van der Waals surface area contributed by atoms with E-state index in [2.05, 4.69) is 51.2 Å². The Morgan fingerprint density at radius 3 is 2.59 bits per heavy atom. The molecule has 1 aromatic rings. The van der Waals surface area contributed by atoms with E-state index in [-0.39, 0.29) is 24.0 Å². The summed E-state index contributed by atoms with van der Waals surface area (Å²) in [5.74, 6) is 1.83. The first-order valence-corrected chi connectivity index (χ1v) is 9.58. The molecule has 0 bridgehead atoms. The molecule has 2 rings (SSSR count). The predicted octanol–water partition coefficient (Wildman–Crippen LogP) is 2.35. The van der Waals surface area contributed by atoms with Crippen molar-refractivity contribution in [3.8, 4) is 5.75 Å². The van der Waals surface area contributed by atoms with Crippen LogP contribution < -0.4 is 10.1 Å². The first-order valence-electron chi connectivity index (χ1n) is 9.58. The maximum absolute atomic E-state index is 5.22. The number of nitrogens with zero attached hydrogens (tertiary/aromatic N) is 4. The van der Waals surface area contributed by atoms with Gasteiger partial charge in [0.25, 0.3) is 0 Å². The molecule has 1 fully saturated rings. The molecule has 0 aliphatic carbocycles. The summed E-state index contributed by atoms with van der Waals surface area (Å²) in [5, 5.41) is 3.49. The zero-order valence-electron chi connectivity index (χ0n) is 17.3. The molecule has 0 amide bonds. The minimum Gasteiger partial charge on any atom is -0.497 e. The number of aliphatic imine (C=N–C) groups is 1. The van der Waals surface area contributed by atoms with Crippen LogP contribution in [0.2, 0.25) is 0 Å². The first-order chi connectivity index (χ1) is 12.6. The topological polar surface area (TPSA) is 43.3 Å². The van der Waals surface area contributed by atoms with Crippen LogP contribution in [-0.4, -0.2) is 88.2 Å². The molecule has 0 aromatic heterocycles. The summed E-state index contributed by atoms with van der Waals surface area (Å²) in [4.78, 5) is 11.6. The number of halogens is 1. The lowest BCUT2D eigenvalue weighted by Crippen LogP contribution is -2.40. The normalized spacial score (nSPS) is 16.4. The molecule has 0 spiro atoms. The summed E-state index contributed by atoms with van der Waals surface area (Å²) in [6, 6.07) is 8.19. The summed E-state index contributed by atoms with van der Waals surface area (Å²) in [7, 11) is 7.83. The van der Waals surface area contributed by atoms with Crippen molar-refractivity contribution in [3.63, 3.8) is 0 Å². The number of nitrogens with one attached hydrogen (secondary N) is 1. The quantitative estimate of drug-likeness (QED) is 0.276. The average molecular weight is 489 g/mol. The van der Waals surface area contributed by atoms with E-state index in [0.29, 0.717) is 0 Å². The average Bonchev–Trinajstić information content (AvgIpc) is 2.86. The molecule has 1 aliphatic rings. The molecule has 7 heteroatoms. The summed E-state index contributed by atoms with van der Waals surface area (Å²) >= 11 is 0. The van der Waals surface area contributed by atoms with Crippen LogP contribution >= 0.6 is 24.0 Å². The van der Waals surface area contributed by atoms with Crippen LogP contribution in [0, 0.1) is 0 Å². The lowest BCUT2D eigenvalue weighted by Gasteiger charge is -2.23. The fourth-order valence-corrected chi connectivity index (χ4v) is 3.29. The fourth-order valence-electron chi connectivity index (χ4n) is 3.29. The summed E-state index contributed by atoms with van der Waals surface area (Å²) in [6.45, 7) is 7.73. The highest BCUT2D eigenvalue weighted by Gasteiger charge is 2.12. The van der Waals surface area contributed by atoms with Gasteiger partial charge in [0, 0.05) is 40.3 Å². The number of hydrogen-bond acceptors (Lipinski definition) is 4. The Morgan fingerprint density at radius 2 is 1.93 bits per heavy atom. The van der Waals surface area contributed by atoms with Crippen LogP contribution in [0.25, 0.3) is 0 Å². The fraction of sp³-hybridized carbons (Fsp3) is 0.650. The third kappa shape index (κ3) is 8.66. The monoisotopic (exact) mass is 489 g/mol. The van der Waals surface area contributed by atoms with Gasteiger partial charge in [0.2, 0.25) is 0 Å². The molecule has 6 nitrogen and oxygen atoms in total. The molecule has 0 atom stereocenters. The zero-order chi connectivity index (χ0) is 18.8. The van der Waals surface area contributed by atoms with E-state index in [9.17, 15) is 0 Å². The molecule has 0 unspecified atom stereocenters. The molecular formula is C20H36IN5O. The van der Waals surface area contributed by atoms with Crippen molar-refractivity contribution in [3.05, 3.63) is 29.8 Å². The van der Waals surface area contributed by atoms with E-state index in [1.807, 2.05) is 19.2 Å². The number of rotatable bonds is 7. The highest BCUT2D eigenvalue weighted by molar-refractivity contribution is 14.0. The lowest BCUT2D eigenvalue weighted by molar-refractivity contribution is 0.273. The van der Waals surface area contributed by atoms with E-state index in [4.69, 9.17) is 4.74 Å². The van der Waals surface area contributed by atoms with Gasteiger partial charge in [0.15, 0.2) is 5.96 Å². The number of hydrogen-bond donors (Lipinski definition) is 1. The van der Waals surface area contributed by atoms with Crippen molar-refractivity contribution in [2.75, 3.05) is 67.5 Å². The van der Waals surface area contributed by atoms with Gasteiger partial charge < -0.3 is 24.8 Å². The Morgan fingerprint density at radius 1 is 1.19 bits per heavy atom. The van der Waals surface area contributed by atoms with Crippen molar-refractivity contribution in [2.45, 2.75) is 19.4 Å². The van der Waals surface area contributed by atoms with Gasteiger partial charge in [0.1, 0.15) is 5.75 Å². The summed E-state index contributed by atoms with van der Waals surface area (Å²) in [5.41, 5.74) is 1.24. The number of ether oxygens (including phenoxy) is 1. The van der Waals surface area contributed by atoms with E-state index < -0.39 is 0 Å². The standard InChI is InChI=1S/C20H35N5O.HI/c1-21-20(24(3)17-18-7-9-19(26-4)10-8-18)22-11-5-13-25-14-6-12-23(2)15-16-25;/h7-10H,5-6,11-17H2,1-4H3,(H,21,22);1H. The summed E-state index contributed by atoms with van der Waals surface area (Å²) in [6.07, 6.45) is 2.41. The van der Waals surface area contributed by atoms with E-state index in [0.717, 1.165) is 37.8 Å². The second kappa shape index (κ2) is 13.2. The molecule has 1 heterocycles. The predicted molar refractivity (Wildman–Crippen MR) is 124 cm³/mol. The molecule has 1 aromatic carbocycles. The van der Waals surface area contributed by atoms with Crippen molar-refractivity contribution in [1.29, 1.82) is 0 Å². The molecule has 27 heavy (non-hydrogen) atoms. The molecule has 1 aliphatic heterocycles. The number of guanidine groups is 1. The Bertz CT molecular complexity index is 552. The molecule has 0 saturated carbocycles. The van der Waals surface area contributed by atoms with Crippen molar-refractivity contribution >= 4 is 29.9 Å². The van der Waals surface area contributed by atoms with Gasteiger partial charge in [-0.05, 0) is 57.2 Å². The third-order valence-electron chi connectivity index (χ3n) is 4.90. The van der Waals surface area contributed by atoms with Crippen molar-refractivity contribution in [2.24, 2.45) is 4.99 Å². The molecule has 1 N–H and O–H groups in total. The molecular weight excluding hydrogens is 453 g/mol. The molecule has 154 valence electrons. The number of methoxy groups -OCH3 is 1. The maximum Gasteiger partial charge on any atom is 0.193 e. The minimum absolute atomic E-state index is 0. The van der Waals surface area contributed by atoms with E-state index >= 15 is 0 Å². The number of benzene rings is 1. The van der Waals surface area contributed by atoms with Crippen LogP contribution in [0.15, 0.2) is 29.3 Å². The van der Waals surface area contributed by atoms with Crippen molar-refractivity contribution in [1.82, 2.24) is 20.0 Å². The highest BCUT2D eigenvalue weighted by Crippen LogP contribution is 2.12. The Balaban J connectivity index is 0.00000364. The number of likely N-dealkylation sites (N-methyl/N-ethyl adjacent to an activating group) is 1. The van der Waals surface area contributed by atoms with Gasteiger partial charge in [-0.25, -0.2) is 0 Å². The Hall–Kier alpha value is -1.06. The Labute approximate surface area is 182 Å². The van der Waals surface area contributed by atoms with Gasteiger partial charge in [-0.3, -0.25) is 4.99 Å². The minimum atomic E-state index is 0. The summed E-state index contributed by atoms with van der Waals surface area (Å²) < 4.78 is 5.22. The molecule has 0 radical (unpaired) electrons. The van der Waals surface area contributed by atoms with Gasteiger partial charge in [-0.2, -0.15) is 0 Å². The third-order valence-corrected chi connectivity index (χ3v) is 4.90. The lowest BCUT2D eigenvalue weighted by atomic mass is 10.2. The first kappa shape index (κ1) is 24.0. The maximum atomic E-state index is 5.22.